The molecular weight excluding hydrogens is 342 g/mol. The third kappa shape index (κ3) is 5.06. The quantitative estimate of drug-likeness (QED) is 0.766. The Morgan fingerprint density at radius 2 is 1.63 bits per heavy atom. The molecule has 0 bridgehead atoms. The zero-order valence-electron chi connectivity index (χ0n) is 17.2. The highest BCUT2D eigenvalue weighted by Crippen LogP contribution is 2.19. The van der Waals surface area contributed by atoms with Gasteiger partial charge in [-0.3, -0.25) is 9.69 Å². The Balaban J connectivity index is 1.59. The van der Waals surface area contributed by atoms with Crippen LogP contribution in [-0.4, -0.2) is 90.6 Å². The van der Waals surface area contributed by atoms with Gasteiger partial charge in [0.15, 0.2) is 0 Å². The van der Waals surface area contributed by atoms with Crippen molar-refractivity contribution in [1.29, 1.82) is 0 Å². The Kier molecular flexibility index (Phi) is 6.46. The number of likely N-dealkylation sites (tertiary alicyclic amines) is 1. The van der Waals surface area contributed by atoms with Gasteiger partial charge in [0.25, 0.3) is 0 Å². The van der Waals surface area contributed by atoms with Crippen molar-refractivity contribution in [3.05, 3.63) is 5.82 Å². The average molecular weight is 376 g/mol. The van der Waals surface area contributed by atoms with Crippen molar-refractivity contribution in [3.8, 4) is 0 Å². The Morgan fingerprint density at radius 1 is 0.963 bits per heavy atom. The van der Waals surface area contributed by atoms with Gasteiger partial charge in [-0.2, -0.15) is 15.0 Å². The van der Waals surface area contributed by atoms with Crippen LogP contribution >= 0.6 is 0 Å². The van der Waals surface area contributed by atoms with E-state index in [-0.39, 0.29) is 11.8 Å². The van der Waals surface area contributed by atoms with Crippen molar-refractivity contribution < 1.29 is 4.79 Å². The van der Waals surface area contributed by atoms with E-state index in [0.29, 0.717) is 12.5 Å². The second kappa shape index (κ2) is 8.82. The minimum absolute atomic E-state index is 0.258. The Morgan fingerprint density at radius 3 is 2.22 bits per heavy atom. The molecular formula is C19H33N7O. The standard InChI is InChI=1S/C19H33N7O/c1-15(2)17-20-18(23(3)4)22-19(21-17)26-12-10-24(11-13-26)14-16(27)25-8-6-5-7-9-25/h15H,5-14H2,1-4H3. The van der Waals surface area contributed by atoms with Crippen LogP contribution in [0.5, 0.6) is 0 Å². The van der Waals surface area contributed by atoms with E-state index in [1.54, 1.807) is 0 Å². The maximum Gasteiger partial charge on any atom is 0.236 e. The summed E-state index contributed by atoms with van der Waals surface area (Å²) >= 11 is 0. The maximum atomic E-state index is 12.5. The zero-order chi connectivity index (χ0) is 19.4. The molecule has 27 heavy (non-hydrogen) atoms. The second-order valence-corrected chi connectivity index (χ2v) is 8.05. The van der Waals surface area contributed by atoms with Gasteiger partial charge in [-0.05, 0) is 19.3 Å². The van der Waals surface area contributed by atoms with E-state index in [9.17, 15) is 4.79 Å². The molecule has 1 aromatic heterocycles. The van der Waals surface area contributed by atoms with E-state index >= 15 is 0 Å². The molecule has 2 aliphatic heterocycles. The Bertz CT molecular complexity index is 609. The van der Waals surface area contributed by atoms with Crippen LogP contribution in [0.1, 0.15) is 44.9 Å². The van der Waals surface area contributed by atoms with Crippen LogP contribution in [0.15, 0.2) is 0 Å². The predicted octanol–water partition coefficient (Wildman–Crippen LogP) is 1.20. The molecule has 3 heterocycles. The van der Waals surface area contributed by atoms with Crippen LogP contribution in [0, 0.1) is 0 Å². The largest absolute Gasteiger partial charge is 0.347 e. The summed E-state index contributed by atoms with van der Waals surface area (Å²) in [6.45, 7) is 9.98. The number of carbonyl (C=O) groups is 1. The van der Waals surface area contributed by atoms with Gasteiger partial charge in [0, 0.05) is 59.3 Å². The first-order valence-corrected chi connectivity index (χ1v) is 10.1. The van der Waals surface area contributed by atoms with Gasteiger partial charge < -0.3 is 14.7 Å². The summed E-state index contributed by atoms with van der Waals surface area (Å²) in [6, 6.07) is 0. The number of hydrogen-bond acceptors (Lipinski definition) is 7. The van der Waals surface area contributed by atoms with Gasteiger partial charge in [0.1, 0.15) is 5.82 Å². The molecule has 2 saturated heterocycles. The van der Waals surface area contributed by atoms with Crippen molar-refractivity contribution in [2.45, 2.75) is 39.0 Å². The van der Waals surface area contributed by atoms with Crippen LogP contribution < -0.4 is 9.80 Å². The molecule has 1 amide bonds. The first-order chi connectivity index (χ1) is 12.9. The number of aromatic nitrogens is 3. The summed E-state index contributed by atoms with van der Waals surface area (Å²) in [7, 11) is 3.90. The molecule has 3 rings (SSSR count). The number of anilines is 2. The number of piperazine rings is 1. The van der Waals surface area contributed by atoms with E-state index in [0.717, 1.165) is 63.9 Å². The summed E-state index contributed by atoms with van der Waals surface area (Å²) < 4.78 is 0. The molecule has 0 N–H and O–H groups in total. The highest BCUT2D eigenvalue weighted by atomic mass is 16.2. The van der Waals surface area contributed by atoms with Crippen molar-refractivity contribution in [2.24, 2.45) is 0 Å². The van der Waals surface area contributed by atoms with Gasteiger partial charge in [-0.15, -0.1) is 0 Å². The summed E-state index contributed by atoms with van der Waals surface area (Å²) in [4.78, 5) is 34.8. The Hall–Kier alpha value is -1.96. The van der Waals surface area contributed by atoms with Crippen molar-refractivity contribution in [3.63, 3.8) is 0 Å². The molecule has 2 fully saturated rings. The van der Waals surface area contributed by atoms with Gasteiger partial charge in [-0.25, -0.2) is 0 Å². The lowest BCUT2D eigenvalue weighted by Crippen LogP contribution is -2.51. The lowest BCUT2D eigenvalue weighted by Gasteiger charge is -2.36. The minimum Gasteiger partial charge on any atom is -0.347 e. The molecule has 8 heteroatoms. The van der Waals surface area contributed by atoms with Gasteiger partial charge in [0.2, 0.25) is 17.8 Å². The number of rotatable bonds is 5. The van der Waals surface area contributed by atoms with Crippen molar-refractivity contribution >= 4 is 17.8 Å². The van der Waals surface area contributed by atoms with E-state index in [4.69, 9.17) is 0 Å². The molecule has 0 spiro atoms. The molecule has 0 aromatic carbocycles. The molecule has 150 valence electrons. The molecule has 0 atom stereocenters. The fourth-order valence-electron chi connectivity index (χ4n) is 3.51. The van der Waals surface area contributed by atoms with Gasteiger partial charge >= 0.3 is 0 Å². The lowest BCUT2D eigenvalue weighted by molar-refractivity contribution is -0.133. The highest BCUT2D eigenvalue weighted by Gasteiger charge is 2.24. The molecule has 0 saturated carbocycles. The van der Waals surface area contributed by atoms with Gasteiger partial charge in [-0.1, -0.05) is 13.8 Å². The Labute approximate surface area is 162 Å². The van der Waals surface area contributed by atoms with Crippen LogP contribution in [0.2, 0.25) is 0 Å². The first kappa shape index (κ1) is 19.8. The molecule has 8 nitrogen and oxygen atoms in total. The number of piperidine rings is 1. The topological polar surface area (TPSA) is 68.7 Å². The molecule has 0 radical (unpaired) electrons. The van der Waals surface area contributed by atoms with Gasteiger partial charge in [0.05, 0.1) is 6.54 Å². The molecule has 2 aliphatic rings. The summed E-state index contributed by atoms with van der Waals surface area (Å²) in [5.41, 5.74) is 0. The number of hydrogen-bond donors (Lipinski definition) is 0. The maximum absolute atomic E-state index is 12.5. The van der Waals surface area contributed by atoms with Crippen LogP contribution in [0.4, 0.5) is 11.9 Å². The molecule has 0 unspecified atom stereocenters. The first-order valence-electron chi connectivity index (χ1n) is 10.1. The van der Waals surface area contributed by atoms with Crippen LogP contribution in [0.25, 0.3) is 0 Å². The fraction of sp³-hybridized carbons (Fsp3) is 0.789. The highest BCUT2D eigenvalue weighted by molar-refractivity contribution is 5.78. The number of nitrogens with zero attached hydrogens (tertiary/aromatic N) is 7. The average Bonchev–Trinajstić information content (AvgIpc) is 2.68. The van der Waals surface area contributed by atoms with Crippen LogP contribution in [0.3, 0.4) is 0 Å². The van der Waals surface area contributed by atoms with E-state index in [2.05, 4.69) is 38.6 Å². The SMILES string of the molecule is CC(C)c1nc(N(C)C)nc(N2CCN(CC(=O)N3CCCCC3)CC2)n1. The number of carbonyl (C=O) groups excluding carboxylic acids is 1. The van der Waals surface area contributed by atoms with E-state index in [1.807, 2.05) is 23.9 Å². The van der Waals surface area contributed by atoms with E-state index in [1.165, 1.54) is 6.42 Å². The third-order valence-electron chi connectivity index (χ3n) is 5.27. The van der Waals surface area contributed by atoms with Crippen LogP contribution in [-0.2, 0) is 4.79 Å². The fourth-order valence-corrected chi connectivity index (χ4v) is 3.51. The molecule has 0 aliphatic carbocycles. The lowest BCUT2D eigenvalue weighted by atomic mass is 10.1. The smallest absolute Gasteiger partial charge is 0.236 e. The molecule has 1 aromatic rings. The summed E-state index contributed by atoms with van der Waals surface area (Å²) in [5.74, 6) is 2.81. The van der Waals surface area contributed by atoms with Crippen molar-refractivity contribution in [2.75, 3.05) is 69.7 Å². The second-order valence-electron chi connectivity index (χ2n) is 8.05. The van der Waals surface area contributed by atoms with E-state index < -0.39 is 0 Å². The third-order valence-corrected chi connectivity index (χ3v) is 5.27. The predicted molar refractivity (Wildman–Crippen MR) is 107 cm³/mol. The summed E-state index contributed by atoms with van der Waals surface area (Å²) in [6.07, 6.45) is 3.54. The normalized spacial score (nSPS) is 18.9. The van der Waals surface area contributed by atoms with Crippen molar-refractivity contribution in [1.82, 2.24) is 24.8 Å². The monoisotopic (exact) mass is 375 g/mol. The zero-order valence-corrected chi connectivity index (χ0v) is 17.2. The number of amides is 1. The summed E-state index contributed by atoms with van der Waals surface area (Å²) in [5, 5.41) is 0. The minimum atomic E-state index is 0.258.